The van der Waals surface area contributed by atoms with Gasteiger partial charge in [0.15, 0.2) is 11.5 Å². The summed E-state index contributed by atoms with van der Waals surface area (Å²) in [4.78, 5) is 2.25. The molecule has 4 rings (SSSR count). The number of hydrogen-bond donors (Lipinski definition) is 2. The Morgan fingerprint density at radius 3 is 2.25 bits per heavy atom. The normalized spacial score (nSPS) is 18.9. The summed E-state index contributed by atoms with van der Waals surface area (Å²) in [6.07, 6.45) is 0.147. The Labute approximate surface area is 223 Å². The van der Waals surface area contributed by atoms with Gasteiger partial charge in [0.2, 0.25) is 0 Å². The van der Waals surface area contributed by atoms with Crippen molar-refractivity contribution >= 4 is 24.8 Å². The molecule has 1 unspecified atom stereocenters. The van der Waals surface area contributed by atoms with Crippen LogP contribution in [0.3, 0.4) is 0 Å². The Morgan fingerprint density at radius 1 is 0.944 bits per heavy atom. The first-order valence-corrected chi connectivity index (χ1v) is 12.0. The summed E-state index contributed by atoms with van der Waals surface area (Å²) in [5, 5.41) is 14.6. The molecule has 2 aromatic rings. The van der Waals surface area contributed by atoms with Gasteiger partial charge in [-0.15, -0.1) is 38.0 Å². The van der Waals surface area contributed by atoms with Gasteiger partial charge in [-0.2, -0.15) is 0 Å². The summed E-state index contributed by atoms with van der Waals surface area (Å²) in [5.41, 5.74) is 0.747. The van der Waals surface area contributed by atoms with Crippen molar-refractivity contribution in [3.05, 3.63) is 59.7 Å². The minimum absolute atomic E-state index is 0. The molecule has 1 atom stereocenters. The average molecular weight is 551 g/mol. The van der Waals surface area contributed by atoms with Gasteiger partial charge in [0.1, 0.15) is 6.61 Å². The standard InChI is InChI=1S/C26H33F3N2O3.2ClH/c27-26(28,29)34-24-17-21(9-10-23(24)33-19-20-7-3-1-4-8-20)22(31-15-13-30-14-16-31)18-25(32)11-5-2-6-12-25;;/h1,3-4,7-10,17,22,30,32H,2,5-6,11-16,18-19H2;2*1H. The zero-order valence-corrected chi connectivity index (χ0v) is 21.8. The van der Waals surface area contributed by atoms with Gasteiger partial charge in [-0.25, -0.2) is 0 Å². The van der Waals surface area contributed by atoms with Crippen LogP contribution >= 0.6 is 24.8 Å². The number of ether oxygens (including phenoxy) is 2. The third-order valence-corrected chi connectivity index (χ3v) is 6.77. The first-order valence-electron chi connectivity index (χ1n) is 12.0. The third-order valence-electron chi connectivity index (χ3n) is 6.77. The summed E-state index contributed by atoms with van der Waals surface area (Å²) >= 11 is 0. The second-order valence-corrected chi connectivity index (χ2v) is 9.32. The fourth-order valence-electron chi connectivity index (χ4n) is 5.02. The van der Waals surface area contributed by atoms with E-state index in [-0.39, 0.29) is 49.0 Å². The fraction of sp³-hybridized carbons (Fsp3) is 0.538. The summed E-state index contributed by atoms with van der Waals surface area (Å²) in [5.74, 6) is -0.308. The number of rotatable bonds is 8. The lowest BCUT2D eigenvalue weighted by Gasteiger charge is -2.41. The van der Waals surface area contributed by atoms with E-state index in [4.69, 9.17) is 4.74 Å². The number of nitrogens with zero attached hydrogens (tertiary/aromatic N) is 1. The number of piperazine rings is 1. The first-order chi connectivity index (χ1) is 16.3. The van der Waals surface area contributed by atoms with Crippen LogP contribution in [0.1, 0.15) is 55.7 Å². The highest BCUT2D eigenvalue weighted by Crippen LogP contribution is 2.41. The molecule has 0 radical (unpaired) electrons. The lowest BCUT2D eigenvalue weighted by molar-refractivity contribution is -0.275. The molecule has 2 N–H and O–H groups in total. The van der Waals surface area contributed by atoms with E-state index >= 15 is 0 Å². The molecule has 0 amide bonds. The van der Waals surface area contributed by atoms with Crippen molar-refractivity contribution < 1.29 is 27.8 Å². The molecule has 5 nitrogen and oxygen atoms in total. The van der Waals surface area contributed by atoms with E-state index in [0.29, 0.717) is 12.0 Å². The number of halogens is 5. The molecule has 0 bridgehead atoms. The molecule has 0 spiro atoms. The summed E-state index contributed by atoms with van der Waals surface area (Å²) in [7, 11) is 0. The minimum Gasteiger partial charge on any atom is -0.485 e. The number of benzene rings is 2. The highest BCUT2D eigenvalue weighted by atomic mass is 35.5. The van der Waals surface area contributed by atoms with E-state index in [2.05, 4.69) is 15.0 Å². The van der Waals surface area contributed by atoms with Crippen molar-refractivity contribution in [2.45, 2.75) is 63.1 Å². The largest absolute Gasteiger partial charge is 0.573 e. The van der Waals surface area contributed by atoms with Gasteiger partial charge in [-0.3, -0.25) is 4.90 Å². The van der Waals surface area contributed by atoms with Gasteiger partial charge >= 0.3 is 6.36 Å². The molecule has 2 fully saturated rings. The van der Waals surface area contributed by atoms with Crippen molar-refractivity contribution in [3.8, 4) is 11.5 Å². The molecule has 0 aromatic heterocycles. The van der Waals surface area contributed by atoms with E-state index in [9.17, 15) is 18.3 Å². The second kappa shape index (κ2) is 13.7. The molecular weight excluding hydrogens is 516 g/mol. The number of hydrogen-bond acceptors (Lipinski definition) is 5. The van der Waals surface area contributed by atoms with Crippen LogP contribution in [0.4, 0.5) is 13.2 Å². The predicted molar refractivity (Wildman–Crippen MR) is 138 cm³/mol. The second-order valence-electron chi connectivity index (χ2n) is 9.32. The SMILES string of the molecule is Cl.Cl.OC1(CC(c2ccc(OCc3ccccc3)c(OC(F)(F)F)c2)N2CCNCC2)CCCCC1. The Morgan fingerprint density at radius 2 is 1.61 bits per heavy atom. The van der Waals surface area contributed by atoms with Crippen molar-refractivity contribution in [3.63, 3.8) is 0 Å². The zero-order valence-electron chi connectivity index (χ0n) is 20.1. The van der Waals surface area contributed by atoms with Gasteiger partial charge in [0, 0.05) is 32.2 Å². The topological polar surface area (TPSA) is 54.0 Å². The quantitative estimate of drug-likeness (QED) is 0.419. The Balaban J connectivity index is 0.00000228. The molecule has 1 aliphatic carbocycles. The molecule has 1 saturated carbocycles. The molecule has 2 aromatic carbocycles. The van der Waals surface area contributed by atoms with Crippen LogP contribution < -0.4 is 14.8 Å². The minimum atomic E-state index is -4.84. The molecule has 202 valence electrons. The molecule has 1 aliphatic heterocycles. The Bertz CT molecular complexity index is 922. The van der Waals surface area contributed by atoms with Crippen LogP contribution in [-0.2, 0) is 6.61 Å². The maximum absolute atomic E-state index is 13.3. The van der Waals surface area contributed by atoms with Crippen molar-refractivity contribution in [2.24, 2.45) is 0 Å². The summed E-state index contributed by atoms with van der Waals surface area (Å²) in [6.45, 7) is 3.28. The van der Waals surface area contributed by atoms with E-state index in [1.807, 2.05) is 36.4 Å². The van der Waals surface area contributed by atoms with Gasteiger partial charge < -0.3 is 19.9 Å². The van der Waals surface area contributed by atoms with Gasteiger partial charge in [0.25, 0.3) is 0 Å². The molecule has 1 heterocycles. The molecule has 36 heavy (non-hydrogen) atoms. The van der Waals surface area contributed by atoms with Crippen LogP contribution in [0, 0.1) is 0 Å². The lowest BCUT2D eigenvalue weighted by atomic mass is 9.78. The molecule has 1 saturated heterocycles. The number of alkyl halides is 3. The van der Waals surface area contributed by atoms with Crippen LogP contribution in [-0.4, -0.2) is 48.1 Å². The summed E-state index contributed by atoms with van der Waals surface area (Å²) < 4.78 is 49.9. The van der Waals surface area contributed by atoms with Crippen molar-refractivity contribution in [1.82, 2.24) is 10.2 Å². The highest BCUT2D eigenvalue weighted by Gasteiger charge is 2.37. The van der Waals surface area contributed by atoms with Crippen molar-refractivity contribution in [1.29, 1.82) is 0 Å². The fourth-order valence-corrected chi connectivity index (χ4v) is 5.02. The number of aliphatic hydroxyl groups is 1. The van der Waals surface area contributed by atoms with Crippen LogP contribution in [0.5, 0.6) is 11.5 Å². The summed E-state index contributed by atoms with van der Waals surface area (Å²) in [6, 6.07) is 13.9. The maximum Gasteiger partial charge on any atom is 0.573 e. The number of nitrogens with one attached hydrogen (secondary N) is 1. The lowest BCUT2D eigenvalue weighted by Crippen LogP contribution is -2.47. The van der Waals surface area contributed by atoms with E-state index in [0.717, 1.165) is 63.8 Å². The molecular formula is C26H35Cl2F3N2O3. The zero-order chi connectivity index (χ0) is 24.0. The highest BCUT2D eigenvalue weighted by molar-refractivity contribution is 5.85. The van der Waals surface area contributed by atoms with Gasteiger partial charge in [-0.1, -0.05) is 55.7 Å². The first kappa shape index (κ1) is 30.5. The van der Waals surface area contributed by atoms with Crippen LogP contribution in [0.2, 0.25) is 0 Å². The molecule has 2 aliphatic rings. The Hall–Kier alpha value is -1.71. The molecule has 10 heteroatoms. The predicted octanol–water partition coefficient (Wildman–Crippen LogP) is 6.04. The van der Waals surface area contributed by atoms with E-state index < -0.39 is 12.0 Å². The van der Waals surface area contributed by atoms with Crippen LogP contribution in [0.25, 0.3) is 0 Å². The smallest absolute Gasteiger partial charge is 0.485 e. The van der Waals surface area contributed by atoms with E-state index in [1.54, 1.807) is 6.07 Å². The van der Waals surface area contributed by atoms with E-state index in [1.165, 1.54) is 6.07 Å². The van der Waals surface area contributed by atoms with Gasteiger partial charge in [-0.05, 0) is 42.5 Å². The van der Waals surface area contributed by atoms with Gasteiger partial charge in [0.05, 0.1) is 5.60 Å². The third kappa shape index (κ3) is 8.70. The maximum atomic E-state index is 13.3. The Kier molecular flexibility index (Phi) is 11.6. The average Bonchev–Trinajstić information content (AvgIpc) is 2.82. The monoisotopic (exact) mass is 550 g/mol. The van der Waals surface area contributed by atoms with Crippen molar-refractivity contribution in [2.75, 3.05) is 26.2 Å². The van der Waals surface area contributed by atoms with Crippen LogP contribution in [0.15, 0.2) is 48.5 Å².